The van der Waals surface area contributed by atoms with E-state index < -0.39 is 7.26 Å². The molecule has 0 atom stereocenters. The number of carbonyl (C=O) groups is 1. The highest BCUT2D eigenvalue weighted by atomic mass is 35.5. The monoisotopic (exact) mass is 513 g/mol. The Kier molecular flexibility index (Phi) is 8.97. The van der Waals surface area contributed by atoms with Gasteiger partial charge in [0, 0.05) is 17.2 Å². The van der Waals surface area contributed by atoms with Gasteiger partial charge in [0.1, 0.15) is 29.3 Å². The molecule has 4 aromatic rings. The molecule has 184 valence electrons. The molecule has 36 heavy (non-hydrogen) atoms. The van der Waals surface area contributed by atoms with Crippen LogP contribution in [-0.4, -0.2) is 5.91 Å². The summed E-state index contributed by atoms with van der Waals surface area (Å²) in [7, 11) is -2.03. The minimum absolute atomic E-state index is 0. The third-order valence-corrected chi connectivity index (χ3v) is 11.6. The van der Waals surface area contributed by atoms with E-state index >= 15 is 0 Å². The molecule has 1 saturated carbocycles. The van der Waals surface area contributed by atoms with E-state index in [1.807, 2.05) is 6.07 Å². The van der Waals surface area contributed by atoms with Crippen LogP contribution in [0.25, 0.3) is 0 Å². The zero-order chi connectivity index (χ0) is 23.9. The first-order chi connectivity index (χ1) is 17.3. The number of anilines is 1. The van der Waals surface area contributed by atoms with E-state index in [9.17, 15) is 4.79 Å². The number of rotatable bonds is 7. The van der Waals surface area contributed by atoms with Crippen LogP contribution in [-0.2, 0) is 11.0 Å². The van der Waals surface area contributed by atoms with E-state index in [1.54, 1.807) is 0 Å². The molecule has 0 aliphatic heterocycles. The molecular formula is C32H33ClNOP. The summed E-state index contributed by atoms with van der Waals surface area (Å²) in [4.78, 5) is 13.2. The van der Waals surface area contributed by atoms with Crippen LogP contribution in [0.2, 0.25) is 0 Å². The van der Waals surface area contributed by atoms with Gasteiger partial charge in [0.15, 0.2) is 0 Å². The number of para-hydroxylation sites is 1. The zero-order valence-corrected chi connectivity index (χ0v) is 22.2. The normalized spacial score (nSPS) is 14.0. The number of benzene rings is 4. The van der Waals surface area contributed by atoms with Crippen LogP contribution in [0.5, 0.6) is 0 Å². The molecular weight excluding hydrogens is 481 g/mol. The number of hydrogen-bond acceptors (Lipinski definition) is 1. The van der Waals surface area contributed by atoms with Gasteiger partial charge in [-0.15, -0.1) is 0 Å². The average molecular weight is 514 g/mol. The maximum atomic E-state index is 13.2. The summed E-state index contributed by atoms with van der Waals surface area (Å²) in [5.74, 6) is 0.314. The summed E-state index contributed by atoms with van der Waals surface area (Å²) in [5, 5.41) is 7.39. The lowest BCUT2D eigenvalue weighted by Crippen LogP contribution is -3.00. The molecule has 1 fully saturated rings. The van der Waals surface area contributed by atoms with Crippen molar-refractivity contribution in [2.24, 2.45) is 5.92 Å². The smallest absolute Gasteiger partial charge is 0.227 e. The first-order valence-corrected chi connectivity index (χ1v) is 14.7. The van der Waals surface area contributed by atoms with Crippen LogP contribution in [0, 0.1) is 5.92 Å². The zero-order valence-electron chi connectivity index (χ0n) is 20.5. The Hall–Kier alpha value is -2.93. The van der Waals surface area contributed by atoms with Crippen LogP contribution in [0.4, 0.5) is 5.69 Å². The topological polar surface area (TPSA) is 29.1 Å². The summed E-state index contributed by atoms with van der Waals surface area (Å²) in [6.07, 6.45) is 6.42. The molecule has 0 radical (unpaired) electrons. The Balaban J connectivity index is 0.00000304. The summed E-state index contributed by atoms with van der Waals surface area (Å²) in [6.45, 7) is 0. The molecule has 0 bridgehead atoms. The van der Waals surface area contributed by atoms with E-state index in [2.05, 4.69) is 115 Å². The predicted octanol–water partition coefficient (Wildman–Crippen LogP) is 3.70. The molecule has 0 unspecified atom stereocenters. The minimum atomic E-state index is -2.03. The highest BCUT2D eigenvalue weighted by Crippen LogP contribution is 2.58. The van der Waals surface area contributed by atoms with E-state index in [4.69, 9.17) is 0 Å². The maximum Gasteiger partial charge on any atom is 0.227 e. The molecule has 0 spiro atoms. The third-order valence-electron chi connectivity index (χ3n) is 7.25. The molecule has 0 heterocycles. The molecule has 0 aromatic heterocycles. The van der Waals surface area contributed by atoms with Gasteiger partial charge in [0.2, 0.25) is 5.91 Å². The molecule has 4 heteroatoms. The van der Waals surface area contributed by atoms with Crippen molar-refractivity contribution in [3.8, 4) is 0 Å². The van der Waals surface area contributed by atoms with Gasteiger partial charge >= 0.3 is 0 Å². The van der Waals surface area contributed by atoms with E-state index in [-0.39, 0.29) is 24.2 Å². The van der Waals surface area contributed by atoms with Gasteiger partial charge in [-0.05, 0) is 55.3 Å². The van der Waals surface area contributed by atoms with Crippen LogP contribution < -0.4 is 33.6 Å². The van der Waals surface area contributed by atoms with Crippen LogP contribution >= 0.6 is 7.26 Å². The van der Waals surface area contributed by atoms with Gasteiger partial charge in [0.05, 0.1) is 0 Å². The molecule has 1 aliphatic carbocycles. The second-order valence-corrected chi connectivity index (χ2v) is 12.9. The van der Waals surface area contributed by atoms with Gasteiger partial charge in [-0.1, -0.05) is 92.1 Å². The van der Waals surface area contributed by atoms with Crippen molar-refractivity contribution in [1.29, 1.82) is 0 Å². The van der Waals surface area contributed by atoms with Crippen molar-refractivity contribution in [1.82, 2.24) is 0 Å². The quantitative estimate of drug-likeness (QED) is 0.375. The van der Waals surface area contributed by atoms with Crippen molar-refractivity contribution < 1.29 is 17.2 Å². The van der Waals surface area contributed by atoms with E-state index in [0.29, 0.717) is 0 Å². The van der Waals surface area contributed by atoms with Crippen molar-refractivity contribution in [3.63, 3.8) is 0 Å². The lowest BCUT2D eigenvalue weighted by atomic mass is 9.88. The Morgan fingerprint density at radius 2 is 1.08 bits per heavy atom. The fraction of sp³-hybridized carbons (Fsp3) is 0.219. The summed E-state index contributed by atoms with van der Waals surface area (Å²) in [5.41, 5.74) is 2.15. The molecule has 5 rings (SSSR count). The Bertz CT molecular complexity index is 1140. The number of nitrogens with one attached hydrogen (secondary N) is 1. The number of hydrogen-bond donors (Lipinski definition) is 1. The Morgan fingerprint density at radius 3 is 1.58 bits per heavy atom. The van der Waals surface area contributed by atoms with E-state index in [1.165, 1.54) is 27.9 Å². The second kappa shape index (κ2) is 12.3. The molecule has 1 amide bonds. The third kappa shape index (κ3) is 5.56. The van der Waals surface area contributed by atoms with Gasteiger partial charge < -0.3 is 17.7 Å². The highest BCUT2D eigenvalue weighted by molar-refractivity contribution is 7.95. The molecule has 1 aliphatic rings. The minimum Gasteiger partial charge on any atom is -1.00 e. The van der Waals surface area contributed by atoms with Crippen LogP contribution in [0.1, 0.15) is 37.7 Å². The van der Waals surface area contributed by atoms with E-state index in [0.717, 1.165) is 37.5 Å². The summed E-state index contributed by atoms with van der Waals surface area (Å²) in [6, 6.07) is 41.2. The Morgan fingerprint density at radius 1 is 0.639 bits per heavy atom. The molecule has 0 saturated heterocycles. The summed E-state index contributed by atoms with van der Waals surface area (Å²) >= 11 is 0. The Labute approximate surface area is 221 Å². The lowest BCUT2D eigenvalue weighted by molar-refractivity contribution is -0.120. The van der Waals surface area contributed by atoms with Gasteiger partial charge in [-0.3, -0.25) is 4.79 Å². The number of halogens is 1. The van der Waals surface area contributed by atoms with Crippen molar-refractivity contribution in [3.05, 3.63) is 121 Å². The highest BCUT2D eigenvalue weighted by Gasteiger charge is 2.45. The maximum absolute atomic E-state index is 13.2. The van der Waals surface area contributed by atoms with Crippen LogP contribution in [0.3, 0.4) is 0 Å². The molecule has 4 aromatic carbocycles. The predicted molar refractivity (Wildman–Crippen MR) is 150 cm³/mol. The first-order valence-electron chi connectivity index (χ1n) is 12.7. The average Bonchev–Trinajstić information content (AvgIpc) is 2.94. The van der Waals surface area contributed by atoms with Gasteiger partial charge in [0.25, 0.3) is 0 Å². The fourth-order valence-electron chi connectivity index (χ4n) is 5.40. The van der Waals surface area contributed by atoms with Gasteiger partial charge in [-0.2, -0.15) is 0 Å². The SMILES string of the molecule is O=C(Nc1ccccc1C[P+](c1ccccc1)(c1ccccc1)c1ccccc1)C1CCCCC1.[Cl-]. The first kappa shape index (κ1) is 26.1. The van der Waals surface area contributed by atoms with Crippen molar-refractivity contribution >= 4 is 34.8 Å². The molecule has 2 nitrogen and oxygen atoms in total. The van der Waals surface area contributed by atoms with Crippen molar-refractivity contribution in [2.75, 3.05) is 5.32 Å². The number of amides is 1. The number of carbonyl (C=O) groups excluding carboxylic acids is 1. The largest absolute Gasteiger partial charge is 1.00 e. The van der Waals surface area contributed by atoms with Crippen LogP contribution in [0.15, 0.2) is 115 Å². The molecule has 1 N–H and O–H groups in total. The van der Waals surface area contributed by atoms with Crippen molar-refractivity contribution in [2.45, 2.75) is 38.3 Å². The summed E-state index contributed by atoms with van der Waals surface area (Å²) < 4.78 is 0. The second-order valence-electron chi connectivity index (χ2n) is 9.46. The fourth-order valence-corrected chi connectivity index (χ4v) is 9.68. The lowest BCUT2D eigenvalue weighted by Gasteiger charge is -2.29. The standard InChI is InChI=1S/C32H32NOP.ClH/c34-32(26-15-5-1-6-16-26)33-31-24-14-13-17-27(31)25-35(28-18-7-2-8-19-28,29-20-9-3-10-21-29)30-22-11-4-12-23-30;/h2-4,7-14,17-24,26H,1,5-6,15-16,25H2;1H. The van der Waals surface area contributed by atoms with Gasteiger partial charge in [-0.25, -0.2) is 0 Å².